The van der Waals surface area contributed by atoms with Gasteiger partial charge in [-0.25, -0.2) is 4.79 Å². The summed E-state index contributed by atoms with van der Waals surface area (Å²) in [6.45, 7) is 17.9. The molecular weight excluding hydrogens is 524 g/mol. The molecule has 5 heteroatoms. The van der Waals surface area contributed by atoms with Gasteiger partial charge in [-0.15, -0.1) is 0 Å². The predicted octanol–water partition coefficient (Wildman–Crippen LogP) is 9.33. The number of amides is 1. The normalized spacial score (nSPS) is 35.1. The molecule has 234 valence electrons. The van der Waals surface area contributed by atoms with Gasteiger partial charge in [0, 0.05) is 25.2 Å². The Kier molecular flexibility index (Phi) is 11.7. The van der Waals surface area contributed by atoms with E-state index in [9.17, 15) is 4.79 Å². The lowest BCUT2D eigenvalue weighted by Crippen LogP contribution is -2.51. The van der Waals surface area contributed by atoms with E-state index in [1.165, 1.54) is 51.4 Å². The van der Waals surface area contributed by atoms with Crippen LogP contribution in [0, 0.1) is 46.3 Å². The zero-order valence-corrected chi connectivity index (χ0v) is 28.0. The Morgan fingerprint density at radius 3 is 2.56 bits per heavy atom. The number of hydrogen-bond acceptors (Lipinski definition) is 4. The quantitative estimate of drug-likeness (QED) is 0.108. The van der Waals surface area contributed by atoms with E-state index in [1.807, 2.05) is 0 Å². The second-order valence-electron chi connectivity index (χ2n) is 15.2. The van der Waals surface area contributed by atoms with Gasteiger partial charge in [0.1, 0.15) is 6.10 Å². The van der Waals surface area contributed by atoms with Crippen molar-refractivity contribution in [2.45, 2.75) is 131 Å². The van der Waals surface area contributed by atoms with Gasteiger partial charge in [0.05, 0.1) is 0 Å². The van der Waals surface area contributed by atoms with E-state index in [0.29, 0.717) is 23.9 Å². The maximum absolute atomic E-state index is 12.6. The van der Waals surface area contributed by atoms with E-state index in [0.717, 1.165) is 85.5 Å². The summed E-state index contributed by atoms with van der Waals surface area (Å²) in [5, 5.41) is 6.25. The van der Waals surface area contributed by atoms with Crippen LogP contribution in [0.25, 0.3) is 0 Å². The largest absolute Gasteiger partial charge is 0.446 e. The predicted molar refractivity (Wildman–Crippen MR) is 176 cm³/mol. The number of fused-ring (bicyclic) bond motifs is 5. The summed E-state index contributed by atoms with van der Waals surface area (Å²) >= 11 is 4.26. The van der Waals surface area contributed by atoms with E-state index in [-0.39, 0.29) is 12.2 Å². The van der Waals surface area contributed by atoms with Crippen molar-refractivity contribution in [2.75, 3.05) is 18.8 Å². The van der Waals surface area contributed by atoms with Crippen LogP contribution in [0.1, 0.15) is 125 Å². The average molecular weight is 587 g/mol. The molecule has 4 nitrogen and oxygen atoms in total. The maximum Gasteiger partial charge on any atom is 0.407 e. The van der Waals surface area contributed by atoms with Gasteiger partial charge < -0.3 is 15.4 Å². The summed E-state index contributed by atoms with van der Waals surface area (Å²) in [5.41, 5.74) is 3.44. The van der Waals surface area contributed by atoms with E-state index in [1.54, 1.807) is 5.57 Å². The summed E-state index contributed by atoms with van der Waals surface area (Å²) < 4.78 is 5.93. The fraction of sp³-hybridized carbons (Fsp3) is 0.861. The highest BCUT2D eigenvalue weighted by molar-refractivity contribution is 7.80. The first kappa shape index (κ1) is 32.8. The van der Waals surface area contributed by atoms with Gasteiger partial charge in [-0.3, -0.25) is 0 Å². The molecule has 0 aromatic rings. The van der Waals surface area contributed by atoms with E-state index in [4.69, 9.17) is 4.74 Å². The Bertz CT molecular complexity index is 917. The van der Waals surface area contributed by atoms with Crippen molar-refractivity contribution in [3.8, 4) is 0 Å². The average Bonchev–Trinajstić information content (AvgIpc) is 3.28. The standard InChI is InChI=1S/C36H62N2O2S/c1-25(2)10-9-11-26(3)31-15-16-32-30-14-13-28-24-29(17-19-35(28,5)33(30)18-20-36(31,32)6)40-34(39)38-22-21-37-27(4)12-7-8-23-41/h13,25-26,29-33,37,41H,4,7-12,14-24H2,1-3,5-6H3,(H,38,39). The van der Waals surface area contributed by atoms with Crippen LogP contribution >= 0.6 is 12.6 Å². The lowest BCUT2D eigenvalue weighted by molar-refractivity contribution is -0.0581. The number of nitrogens with one attached hydrogen (secondary N) is 2. The van der Waals surface area contributed by atoms with Crippen LogP contribution in [0.15, 0.2) is 23.9 Å². The molecule has 8 unspecified atom stereocenters. The monoisotopic (exact) mass is 586 g/mol. The highest BCUT2D eigenvalue weighted by Crippen LogP contribution is 2.67. The van der Waals surface area contributed by atoms with E-state index < -0.39 is 0 Å². The Morgan fingerprint density at radius 1 is 1.02 bits per heavy atom. The van der Waals surface area contributed by atoms with Crippen LogP contribution in [0.5, 0.6) is 0 Å². The fourth-order valence-electron chi connectivity index (χ4n) is 9.89. The van der Waals surface area contributed by atoms with Crippen LogP contribution < -0.4 is 10.6 Å². The second-order valence-corrected chi connectivity index (χ2v) is 15.6. The van der Waals surface area contributed by atoms with E-state index in [2.05, 4.69) is 70.5 Å². The molecule has 4 rings (SSSR count). The first-order chi connectivity index (χ1) is 19.6. The summed E-state index contributed by atoms with van der Waals surface area (Å²) in [7, 11) is 0. The van der Waals surface area contributed by atoms with Gasteiger partial charge in [-0.2, -0.15) is 12.6 Å². The molecule has 0 radical (unpaired) electrons. The zero-order chi connectivity index (χ0) is 29.6. The minimum atomic E-state index is -0.275. The van der Waals surface area contributed by atoms with Crippen LogP contribution in [0.4, 0.5) is 4.79 Å². The molecule has 0 bridgehead atoms. The molecule has 3 fully saturated rings. The van der Waals surface area contributed by atoms with Crippen molar-refractivity contribution in [2.24, 2.45) is 46.3 Å². The molecule has 2 N–H and O–H groups in total. The number of carbonyl (C=O) groups is 1. The van der Waals surface area contributed by atoms with Gasteiger partial charge in [0.15, 0.2) is 0 Å². The molecule has 4 aliphatic rings. The Balaban J connectivity index is 1.26. The van der Waals surface area contributed by atoms with Crippen LogP contribution in [0.3, 0.4) is 0 Å². The Hall–Kier alpha value is -1.10. The number of rotatable bonds is 14. The maximum atomic E-state index is 12.6. The minimum absolute atomic E-state index is 0.00596. The SMILES string of the molecule is C=C(CCCCS)NCCNC(=O)OC1CCC2(C)C(=CCC3C2CCC2(C)C(C(C)CCCC(C)C)CCC32)C1. The topological polar surface area (TPSA) is 50.4 Å². The first-order valence-electron chi connectivity index (χ1n) is 17.2. The van der Waals surface area contributed by atoms with Crippen molar-refractivity contribution >= 4 is 18.7 Å². The van der Waals surface area contributed by atoms with Crippen molar-refractivity contribution < 1.29 is 9.53 Å². The summed E-state index contributed by atoms with van der Waals surface area (Å²) in [4.78, 5) is 12.6. The van der Waals surface area contributed by atoms with Gasteiger partial charge in [0.25, 0.3) is 0 Å². The number of alkyl carbamates (subject to hydrolysis) is 1. The molecule has 0 aromatic heterocycles. The molecule has 4 aliphatic carbocycles. The molecule has 0 saturated heterocycles. The van der Waals surface area contributed by atoms with Crippen LogP contribution in [-0.2, 0) is 4.74 Å². The van der Waals surface area contributed by atoms with Crippen molar-refractivity contribution in [1.29, 1.82) is 0 Å². The number of thiol groups is 1. The third-order valence-electron chi connectivity index (χ3n) is 12.2. The van der Waals surface area contributed by atoms with Crippen molar-refractivity contribution in [1.82, 2.24) is 10.6 Å². The number of carbonyl (C=O) groups excluding carboxylic acids is 1. The number of allylic oxidation sites excluding steroid dienone is 2. The molecule has 8 atom stereocenters. The third kappa shape index (κ3) is 7.71. The lowest BCUT2D eigenvalue weighted by atomic mass is 9.47. The second kappa shape index (κ2) is 14.6. The van der Waals surface area contributed by atoms with Crippen LogP contribution in [-0.4, -0.2) is 31.0 Å². The molecular formula is C36H62N2O2S. The van der Waals surface area contributed by atoms with Crippen molar-refractivity contribution in [3.05, 3.63) is 23.9 Å². The molecule has 1 amide bonds. The van der Waals surface area contributed by atoms with Gasteiger partial charge in [-0.05, 0) is 116 Å². The highest BCUT2D eigenvalue weighted by atomic mass is 32.1. The molecule has 41 heavy (non-hydrogen) atoms. The third-order valence-corrected chi connectivity index (χ3v) is 12.5. The molecule has 0 spiro atoms. The molecule has 3 saturated carbocycles. The summed E-state index contributed by atoms with van der Waals surface area (Å²) in [5.74, 6) is 6.05. The zero-order valence-electron chi connectivity index (χ0n) is 27.1. The molecule has 0 aliphatic heterocycles. The van der Waals surface area contributed by atoms with Crippen molar-refractivity contribution in [3.63, 3.8) is 0 Å². The van der Waals surface area contributed by atoms with Gasteiger partial charge >= 0.3 is 6.09 Å². The summed E-state index contributed by atoms with van der Waals surface area (Å²) in [6, 6.07) is 0. The van der Waals surface area contributed by atoms with Gasteiger partial charge in [-0.1, -0.05) is 72.1 Å². The number of ether oxygens (including phenoxy) is 1. The summed E-state index contributed by atoms with van der Waals surface area (Å²) in [6.07, 6.45) is 19.7. The van der Waals surface area contributed by atoms with Gasteiger partial charge in [0.2, 0.25) is 0 Å². The number of unbranched alkanes of at least 4 members (excludes halogenated alkanes) is 1. The Labute approximate surface area is 258 Å². The lowest BCUT2D eigenvalue weighted by Gasteiger charge is -2.58. The Morgan fingerprint density at radius 2 is 1.80 bits per heavy atom. The minimum Gasteiger partial charge on any atom is -0.446 e. The van der Waals surface area contributed by atoms with Crippen LogP contribution in [0.2, 0.25) is 0 Å². The first-order valence-corrected chi connectivity index (χ1v) is 17.9. The molecule has 0 heterocycles. The van der Waals surface area contributed by atoms with E-state index >= 15 is 0 Å². The fourth-order valence-corrected chi connectivity index (χ4v) is 10.1. The highest BCUT2D eigenvalue weighted by Gasteiger charge is 2.59. The smallest absolute Gasteiger partial charge is 0.407 e. The molecule has 0 aromatic carbocycles. The number of hydrogen-bond donors (Lipinski definition) is 3.